The zero-order valence-electron chi connectivity index (χ0n) is 19.0. The number of rotatable bonds is 7. The third kappa shape index (κ3) is 5.45. The molecule has 1 aromatic heterocycles. The van der Waals surface area contributed by atoms with Gasteiger partial charge in [0.15, 0.2) is 11.5 Å². The van der Waals surface area contributed by atoms with Crippen LogP contribution in [0.3, 0.4) is 0 Å². The molecule has 0 radical (unpaired) electrons. The van der Waals surface area contributed by atoms with Gasteiger partial charge in [-0.3, -0.25) is 4.79 Å². The zero-order chi connectivity index (χ0) is 25.1. The third-order valence-electron chi connectivity index (χ3n) is 5.16. The van der Waals surface area contributed by atoms with E-state index >= 15 is 0 Å². The molecule has 0 amide bonds. The number of ether oxygens (including phenoxy) is 3. The summed E-state index contributed by atoms with van der Waals surface area (Å²) in [6.45, 7) is 1.91. The number of methoxy groups -OCH3 is 2. The lowest BCUT2D eigenvalue weighted by Gasteiger charge is -2.16. The lowest BCUT2D eigenvalue weighted by molar-refractivity contribution is 0.266. The highest BCUT2D eigenvalue weighted by Crippen LogP contribution is 2.39. The number of hydrogen-bond donors (Lipinski definition) is 0. The average Bonchev–Trinajstić information content (AvgIpc) is 2.83. The maximum absolute atomic E-state index is 13.0. The predicted octanol–water partition coefficient (Wildman–Crippen LogP) is 6.25. The first-order chi connectivity index (χ1) is 16.8. The molecule has 0 aliphatic heterocycles. The molecule has 0 N–H and O–H groups in total. The van der Waals surface area contributed by atoms with E-state index in [-0.39, 0.29) is 12.2 Å². The van der Waals surface area contributed by atoms with Crippen LogP contribution in [0.2, 0.25) is 10.0 Å². The van der Waals surface area contributed by atoms with Crippen LogP contribution in [0.1, 0.15) is 17.0 Å². The molecule has 0 aliphatic carbocycles. The van der Waals surface area contributed by atoms with E-state index < -0.39 is 0 Å². The fraction of sp³-hybridized carbons (Fsp3) is 0.160. The maximum Gasteiger partial charge on any atom is 0.282 e. The Kier molecular flexibility index (Phi) is 7.64. The summed E-state index contributed by atoms with van der Waals surface area (Å²) >= 11 is 15.6. The summed E-state index contributed by atoms with van der Waals surface area (Å²) < 4.78 is 19.1. The summed E-state index contributed by atoms with van der Waals surface area (Å²) in [5, 5.41) is 5.87. The van der Waals surface area contributed by atoms with Crippen molar-refractivity contribution in [3.8, 4) is 17.2 Å². The van der Waals surface area contributed by atoms with Crippen LogP contribution >= 0.6 is 39.1 Å². The van der Waals surface area contributed by atoms with Crippen molar-refractivity contribution in [1.82, 2.24) is 9.66 Å². The Labute approximate surface area is 220 Å². The number of benzene rings is 3. The highest BCUT2D eigenvalue weighted by molar-refractivity contribution is 9.10. The molecular weight excluding hydrogens is 557 g/mol. The first-order valence-corrected chi connectivity index (χ1v) is 11.9. The highest BCUT2D eigenvalue weighted by atomic mass is 79.9. The number of fused-ring (bicyclic) bond motifs is 1. The molecule has 3 aromatic carbocycles. The summed E-state index contributed by atoms with van der Waals surface area (Å²) in [6, 6.07) is 14.0. The quantitative estimate of drug-likeness (QED) is 0.243. The van der Waals surface area contributed by atoms with Crippen molar-refractivity contribution in [3.05, 3.63) is 90.4 Å². The van der Waals surface area contributed by atoms with Crippen LogP contribution in [-0.2, 0) is 6.61 Å². The van der Waals surface area contributed by atoms with Crippen molar-refractivity contribution in [1.29, 1.82) is 0 Å². The number of hydrogen-bond acceptors (Lipinski definition) is 6. The lowest BCUT2D eigenvalue weighted by Crippen LogP contribution is -2.20. The van der Waals surface area contributed by atoms with Crippen molar-refractivity contribution >= 4 is 56.2 Å². The van der Waals surface area contributed by atoms with Gasteiger partial charge in [-0.1, -0.05) is 45.2 Å². The van der Waals surface area contributed by atoms with E-state index in [2.05, 4.69) is 26.0 Å². The zero-order valence-corrected chi connectivity index (χ0v) is 22.1. The molecule has 0 atom stereocenters. The summed E-state index contributed by atoms with van der Waals surface area (Å²) in [7, 11) is 3.05. The lowest BCUT2D eigenvalue weighted by atomic mass is 10.2. The molecule has 180 valence electrons. The largest absolute Gasteiger partial charge is 0.493 e. The Morgan fingerprint density at radius 3 is 2.43 bits per heavy atom. The molecule has 0 spiro atoms. The number of aromatic nitrogens is 2. The minimum Gasteiger partial charge on any atom is -0.493 e. The van der Waals surface area contributed by atoms with E-state index in [1.54, 1.807) is 49.4 Å². The molecule has 35 heavy (non-hydrogen) atoms. The van der Waals surface area contributed by atoms with Gasteiger partial charge >= 0.3 is 0 Å². The van der Waals surface area contributed by atoms with Gasteiger partial charge in [-0.2, -0.15) is 9.78 Å². The van der Waals surface area contributed by atoms with Gasteiger partial charge in [-0.15, -0.1) is 0 Å². The molecular formula is C25H20BrCl2N3O4. The van der Waals surface area contributed by atoms with Crippen LogP contribution in [0, 0.1) is 6.92 Å². The van der Waals surface area contributed by atoms with Crippen molar-refractivity contribution in [3.63, 3.8) is 0 Å². The second-order valence-corrected chi connectivity index (χ2v) is 9.22. The molecule has 0 unspecified atom stereocenters. The minimum absolute atomic E-state index is 0.184. The van der Waals surface area contributed by atoms with Crippen LogP contribution in [0.5, 0.6) is 17.2 Å². The Balaban J connectivity index is 1.67. The highest BCUT2D eigenvalue weighted by Gasteiger charge is 2.15. The molecule has 0 fully saturated rings. The maximum atomic E-state index is 13.0. The molecule has 0 saturated heterocycles. The standard InChI is InChI=1S/C25H20BrCl2N3O4/c1-14-30-21-7-5-17(26)10-19(21)25(32)31(14)29-12-15-8-22(33-2)24(23(9-15)34-3)35-13-16-4-6-18(27)11-20(16)28/h4-12H,13H2,1-3H3. The molecule has 10 heteroatoms. The molecule has 0 bridgehead atoms. The van der Waals surface area contributed by atoms with Gasteiger partial charge in [0.1, 0.15) is 12.4 Å². The first kappa shape index (κ1) is 25.0. The number of halogens is 3. The summed E-state index contributed by atoms with van der Waals surface area (Å²) in [6.07, 6.45) is 1.53. The fourth-order valence-electron chi connectivity index (χ4n) is 3.43. The van der Waals surface area contributed by atoms with Crippen LogP contribution < -0.4 is 19.8 Å². The van der Waals surface area contributed by atoms with Crippen LogP contribution in [0.15, 0.2) is 62.9 Å². The van der Waals surface area contributed by atoms with Gasteiger partial charge < -0.3 is 14.2 Å². The molecule has 4 rings (SSSR count). The third-order valence-corrected chi connectivity index (χ3v) is 6.24. The minimum atomic E-state index is -0.274. The van der Waals surface area contributed by atoms with Crippen LogP contribution in [0.4, 0.5) is 0 Å². The van der Waals surface area contributed by atoms with Crippen molar-refractivity contribution < 1.29 is 14.2 Å². The molecule has 7 nitrogen and oxygen atoms in total. The van der Waals surface area contributed by atoms with Crippen molar-refractivity contribution in [2.75, 3.05) is 14.2 Å². The monoisotopic (exact) mass is 575 g/mol. The molecule has 0 saturated carbocycles. The van der Waals surface area contributed by atoms with Crippen molar-refractivity contribution in [2.24, 2.45) is 5.10 Å². The van der Waals surface area contributed by atoms with E-state index in [1.165, 1.54) is 25.1 Å². The van der Waals surface area contributed by atoms with Gasteiger partial charge in [-0.05, 0) is 49.4 Å². The second-order valence-electron chi connectivity index (χ2n) is 7.46. The molecule has 4 aromatic rings. The van der Waals surface area contributed by atoms with Gasteiger partial charge in [0.05, 0.1) is 31.3 Å². The van der Waals surface area contributed by atoms with E-state index in [0.717, 1.165) is 10.0 Å². The second kappa shape index (κ2) is 10.7. The van der Waals surface area contributed by atoms with Gasteiger partial charge in [0.25, 0.3) is 5.56 Å². The SMILES string of the molecule is COc1cc(C=Nn2c(C)nc3ccc(Br)cc3c2=O)cc(OC)c1OCc1ccc(Cl)cc1Cl. The van der Waals surface area contributed by atoms with E-state index in [0.29, 0.717) is 49.6 Å². The average molecular weight is 577 g/mol. The number of aryl methyl sites for hydroxylation is 1. The van der Waals surface area contributed by atoms with Crippen LogP contribution in [0.25, 0.3) is 10.9 Å². The van der Waals surface area contributed by atoms with Crippen molar-refractivity contribution in [2.45, 2.75) is 13.5 Å². The normalized spacial score (nSPS) is 11.3. The van der Waals surface area contributed by atoms with Crippen LogP contribution in [-0.4, -0.2) is 30.1 Å². The fourth-order valence-corrected chi connectivity index (χ4v) is 4.25. The number of nitrogens with zero attached hydrogens (tertiary/aromatic N) is 3. The molecule has 1 heterocycles. The topological polar surface area (TPSA) is 74.9 Å². The Bertz CT molecular complexity index is 1480. The van der Waals surface area contributed by atoms with Gasteiger partial charge in [0, 0.05) is 25.6 Å². The summed E-state index contributed by atoms with van der Waals surface area (Å²) in [4.78, 5) is 17.5. The summed E-state index contributed by atoms with van der Waals surface area (Å²) in [5.74, 6) is 1.73. The summed E-state index contributed by atoms with van der Waals surface area (Å²) in [5.41, 5.74) is 1.73. The van der Waals surface area contributed by atoms with E-state index in [4.69, 9.17) is 37.4 Å². The molecule has 0 aliphatic rings. The smallest absolute Gasteiger partial charge is 0.282 e. The van der Waals surface area contributed by atoms with E-state index in [1.807, 2.05) is 6.07 Å². The Morgan fingerprint density at radius 1 is 1.06 bits per heavy atom. The van der Waals surface area contributed by atoms with Gasteiger partial charge in [-0.25, -0.2) is 4.98 Å². The van der Waals surface area contributed by atoms with E-state index in [9.17, 15) is 4.79 Å². The predicted molar refractivity (Wildman–Crippen MR) is 142 cm³/mol. The first-order valence-electron chi connectivity index (χ1n) is 10.4. The van der Waals surface area contributed by atoms with Gasteiger partial charge in [0.2, 0.25) is 5.75 Å². The Morgan fingerprint density at radius 2 is 1.77 bits per heavy atom. The Hall–Kier alpha value is -3.07.